The van der Waals surface area contributed by atoms with Crippen molar-refractivity contribution in [2.75, 3.05) is 5.32 Å². The maximum Gasteiger partial charge on any atom is 0.417 e. The lowest BCUT2D eigenvalue weighted by Gasteiger charge is -2.41. The van der Waals surface area contributed by atoms with Gasteiger partial charge in [0.05, 0.1) is 0 Å². The summed E-state index contributed by atoms with van der Waals surface area (Å²) in [5.41, 5.74) is 2.53. The zero-order valence-electron chi connectivity index (χ0n) is 15.7. The van der Waals surface area contributed by atoms with Crippen molar-refractivity contribution in [1.82, 2.24) is 0 Å². The number of amides is 1. The van der Waals surface area contributed by atoms with Crippen LogP contribution in [0.4, 0.5) is 10.5 Å². The Kier molecular flexibility index (Phi) is 4.26. The van der Waals surface area contributed by atoms with Gasteiger partial charge in [0, 0.05) is 5.69 Å². The van der Waals surface area contributed by atoms with Crippen molar-refractivity contribution in [1.29, 1.82) is 0 Å². The van der Waals surface area contributed by atoms with E-state index >= 15 is 0 Å². The van der Waals surface area contributed by atoms with E-state index < -0.39 is 6.09 Å². The number of hydrogen-bond acceptors (Lipinski definition) is 2. The Morgan fingerprint density at radius 2 is 1.73 bits per heavy atom. The fourth-order valence-electron chi connectivity index (χ4n) is 5.18. The molecule has 4 rings (SSSR count). The summed E-state index contributed by atoms with van der Waals surface area (Å²) < 4.78 is 5.41. The second kappa shape index (κ2) is 6.46. The average molecular weight is 349 g/mol. The first-order valence-electron chi connectivity index (χ1n) is 9.59. The molecule has 0 spiro atoms. The molecule has 26 heavy (non-hydrogen) atoms. The summed E-state index contributed by atoms with van der Waals surface area (Å²) in [5.74, 6) is 3.65. The van der Waals surface area contributed by atoms with E-state index in [0.29, 0.717) is 17.1 Å². The van der Waals surface area contributed by atoms with Crippen LogP contribution in [0.25, 0.3) is 0 Å². The average Bonchev–Trinajstić information content (AvgIpc) is 3.16. The van der Waals surface area contributed by atoms with Crippen molar-refractivity contribution in [3.8, 4) is 5.75 Å². The molecular weight excluding hydrogens is 322 g/mol. The van der Waals surface area contributed by atoms with Crippen molar-refractivity contribution in [2.45, 2.75) is 39.5 Å². The molecule has 2 aliphatic rings. The number of rotatable bonds is 3. The van der Waals surface area contributed by atoms with E-state index in [2.05, 4.69) is 38.2 Å². The van der Waals surface area contributed by atoms with Gasteiger partial charge in [0.15, 0.2) is 0 Å². The summed E-state index contributed by atoms with van der Waals surface area (Å²) in [6.45, 7) is 7.28. The zero-order valence-corrected chi connectivity index (χ0v) is 15.7. The zero-order chi connectivity index (χ0) is 18.3. The molecule has 0 saturated heterocycles. The third-order valence-corrected chi connectivity index (χ3v) is 6.97. The van der Waals surface area contributed by atoms with Crippen molar-refractivity contribution >= 4 is 11.8 Å². The van der Waals surface area contributed by atoms with Gasteiger partial charge in [0.25, 0.3) is 0 Å². The van der Waals surface area contributed by atoms with Crippen LogP contribution in [0.3, 0.4) is 0 Å². The number of hydrogen-bond donors (Lipinski definition) is 1. The van der Waals surface area contributed by atoms with E-state index in [1.165, 1.54) is 18.4 Å². The monoisotopic (exact) mass is 349 g/mol. The highest BCUT2D eigenvalue weighted by Gasteiger charge is 2.55. The smallest absolute Gasteiger partial charge is 0.410 e. The standard InChI is InChI=1S/C23H27NO2/c1-15-17-13-20(21(14-17)23(15,2)3)16-9-11-19(12-10-16)26-22(25)24-18-7-5-4-6-8-18/h4-12,15,17,20-21H,13-14H2,1-3H3,(H,24,25)/t15-,17+,20-,21+/m1/s1. The molecule has 0 aliphatic heterocycles. The summed E-state index contributed by atoms with van der Waals surface area (Å²) in [6, 6.07) is 17.4. The predicted octanol–water partition coefficient (Wildman–Crippen LogP) is 6.08. The van der Waals surface area contributed by atoms with E-state index in [4.69, 9.17) is 4.74 Å². The number of ether oxygens (including phenoxy) is 1. The molecule has 3 heteroatoms. The van der Waals surface area contributed by atoms with Crippen LogP contribution >= 0.6 is 0 Å². The maximum atomic E-state index is 12.0. The first-order chi connectivity index (χ1) is 12.4. The lowest BCUT2D eigenvalue weighted by atomic mass is 9.64. The van der Waals surface area contributed by atoms with E-state index in [1.54, 1.807) is 0 Å². The summed E-state index contributed by atoms with van der Waals surface area (Å²) in [4.78, 5) is 12.0. The lowest BCUT2D eigenvalue weighted by Crippen LogP contribution is -2.32. The van der Waals surface area contributed by atoms with E-state index in [0.717, 1.165) is 23.4 Å². The molecule has 0 radical (unpaired) electrons. The minimum Gasteiger partial charge on any atom is -0.410 e. The SMILES string of the molecule is C[C@@H]1[C@H]2C[C@H](c3ccc(OC(=O)Nc4ccccc4)cc3)[C@H](C2)C1(C)C. The van der Waals surface area contributed by atoms with Crippen LogP contribution in [0.1, 0.15) is 45.1 Å². The number of nitrogens with one attached hydrogen (secondary N) is 1. The predicted molar refractivity (Wildman–Crippen MR) is 104 cm³/mol. The number of carbonyl (C=O) groups is 1. The number of para-hydroxylation sites is 1. The summed E-state index contributed by atoms with van der Waals surface area (Å²) in [7, 11) is 0. The molecule has 2 aromatic rings. The second-order valence-corrected chi connectivity index (χ2v) is 8.50. The first-order valence-corrected chi connectivity index (χ1v) is 9.59. The molecule has 0 unspecified atom stereocenters. The van der Waals surface area contributed by atoms with Gasteiger partial charge in [0.2, 0.25) is 0 Å². The molecule has 4 atom stereocenters. The van der Waals surface area contributed by atoms with Gasteiger partial charge in [-0.3, -0.25) is 5.32 Å². The highest BCUT2D eigenvalue weighted by Crippen LogP contribution is 2.64. The fourth-order valence-corrected chi connectivity index (χ4v) is 5.18. The van der Waals surface area contributed by atoms with Crippen LogP contribution in [0, 0.1) is 23.2 Å². The van der Waals surface area contributed by atoms with Gasteiger partial charge < -0.3 is 4.74 Å². The van der Waals surface area contributed by atoms with Crippen molar-refractivity contribution < 1.29 is 9.53 Å². The number of carbonyl (C=O) groups excluding carboxylic acids is 1. The van der Waals surface area contributed by atoms with E-state index in [-0.39, 0.29) is 0 Å². The van der Waals surface area contributed by atoms with E-state index in [1.807, 2.05) is 42.5 Å². The van der Waals surface area contributed by atoms with Crippen molar-refractivity contribution in [3.63, 3.8) is 0 Å². The van der Waals surface area contributed by atoms with Gasteiger partial charge in [-0.1, -0.05) is 51.1 Å². The molecule has 2 fully saturated rings. The van der Waals surface area contributed by atoms with Gasteiger partial charge >= 0.3 is 6.09 Å². The van der Waals surface area contributed by atoms with Gasteiger partial charge in [-0.15, -0.1) is 0 Å². The Morgan fingerprint density at radius 3 is 2.35 bits per heavy atom. The lowest BCUT2D eigenvalue weighted by molar-refractivity contribution is 0.118. The largest absolute Gasteiger partial charge is 0.417 e. The van der Waals surface area contributed by atoms with Crippen molar-refractivity contribution in [3.05, 3.63) is 60.2 Å². The molecule has 0 aromatic heterocycles. The quantitative estimate of drug-likeness (QED) is 0.729. The van der Waals surface area contributed by atoms with Crippen LogP contribution < -0.4 is 10.1 Å². The highest BCUT2D eigenvalue weighted by molar-refractivity contribution is 5.86. The molecule has 2 aliphatic carbocycles. The van der Waals surface area contributed by atoms with Crippen molar-refractivity contribution in [2.24, 2.45) is 23.2 Å². The molecule has 136 valence electrons. The van der Waals surface area contributed by atoms with E-state index in [9.17, 15) is 4.79 Å². The fraction of sp³-hybridized carbons (Fsp3) is 0.435. The van der Waals surface area contributed by atoms with Crippen LogP contribution in [0.5, 0.6) is 5.75 Å². The second-order valence-electron chi connectivity index (χ2n) is 8.50. The Bertz CT molecular complexity index is 782. The van der Waals surface area contributed by atoms with Crippen LogP contribution in [0.2, 0.25) is 0 Å². The maximum absolute atomic E-state index is 12.0. The Hall–Kier alpha value is -2.29. The third kappa shape index (κ3) is 3.00. The van der Waals surface area contributed by atoms with Crippen LogP contribution in [-0.2, 0) is 0 Å². The normalized spacial score (nSPS) is 28.7. The molecule has 1 N–H and O–H groups in total. The molecule has 2 saturated carbocycles. The summed E-state index contributed by atoms with van der Waals surface area (Å²) in [5, 5.41) is 2.74. The summed E-state index contributed by atoms with van der Waals surface area (Å²) in [6.07, 6.45) is 2.19. The van der Waals surface area contributed by atoms with Gasteiger partial charge in [0.1, 0.15) is 5.75 Å². The first kappa shape index (κ1) is 17.1. The highest BCUT2D eigenvalue weighted by atomic mass is 16.6. The molecular formula is C23H27NO2. The minimum atomic E-state index is -0.459. The molecule has 2 aromatic carbocycles. The Labute approximate surface area is 155 Å². The molecule has 0 heterocycles. The topological polar surface area (TPSA) is 38.3 Å². The number of benzene rings is 2. The Balaban J connectivity index is 1.41. The number of anilines is 1. The van der Waals surface area contributed by atoms with Crippen LogP contribution in [0.15, 0.2) is 54.6 Å². The van der Waals surface area contributed by atoms with Crippen LogP contribution in [-0.4, -0.2) is 6.09 Å². The Morgan fingerprint density at radius 1 is 1.04 bits per heavy atom. The van der Waals surface area contributed by atoms with Gasteiger partial charge in [-0.25, -0.2) is 4.79 Å². The summed E-state index contributed by atoms with van der Waals surface area (Å²) >= 11 is 0. The molecule has 1 amide bonds. The van der Waals surface area contributed by atoms with Gasteiger partial charge in [-0.05, 0) is 71.8 Å². The third-order valence-electron chi connectivity index (χ3n) is 6.97. The van der Waals surface area contributed by atoms with Gasteiger partial charge in [-0.2, -0.15) is 0 Å². The molecule has 2 bridgehead atoms. The number of fused-ring (bicyclic) bond motifs is 2. The minimum absolute atomic E-state index is 0.415. The molecule has 3 nitrogen and oxygen atoms in total.